The van der Waals surface area contributed by atoms with Gasteiger partial charge in [0, 0.05) is 18.1 Å². The van der Waals surface area contributed by atoms with Crippen LogP contribution in [-0.4, -0.2) is 26.3 Å². The van der Waals surface area contributed by atoms with Crippen LogP contribution < -0.4 is 5.32 Å². The molecule has 0 radical (unpaired) electrons. The quantitative estimate of drug-likeness (QED) is 0.762. The summed E-state index contributed by atoms with van der Waals surface area (Å²) >= 11 is 0. The monoisotopic (exact) mass is 280 g/mol. The predicted octanol–water partition coefficient (Wildman–Crippen LogP) is 2.34. The van der Waals surface area contributed by atoms with Gasteiger partial charge in [-0.05, 0) is 23.8 Å². The van der Waals surface area contributed by atoms with Gasteiger partial charge in [-0.15, -0.1) is 10.2 Å². The Labute approximate surface area is 120 Å². The summed E-state index contributed by atoms with van der Waals surface area (Å²) < 4.78 is 0. The highest BCUT2D eigenvalue weighted by atomic mass is 16.4. The van der Waals surface area contributed by atoms with E-state index < -0.39 is 5.97 Å². The number of anilines is 1. The fourth-order valence-electron chi connectivity index (χ4n) is 2.04. The number of para-hydroxylation sites is 1. The predicted molar refractivity (Wildman–Crippen MR) is 78.1 cm³/mol. The molecule has 3 aromatic rings. The fraction of sp³-hybridized carbons (Fsp3) is 0.0667. The van der Waals surface area contributed by atoms with E-state index >= 15 is 0 Å². The van der Waals surface area contributed by atoms with Crippen LogP contribution in [0.2, 0.25) is 0 Å². The van der Waals surface area contributed by atoms with Crippen LogP contribution in [0.1, 0.15) is 16.1 Å². The van der Waals surface area contributed by atoms with Crippen LogP contribution in [0.15, 0.2) is 48.7 Å². The van der Waals surface area contributed by atoms with Crippen LogP contribution in [0, 0.1) is 0 Å². The number of nitrogens with one attached hydrogen (secondary N) is 1. The molecule has 0 aliphatic carbocycles. The maximum atomic E-state index is 10.7. The molecule has 0 atom stereocenters. The van der Waals surface area contributed by atoms with Crippen molar-refractivity contribution in [2.45, 2.75) is 6.54 Å². The van der Waals surface area contributed by atoms with Crippen LogP contribution in [0.4, 0.5) is 5.82 Å². The summed E-state index contributed by atoms with van der Waals surface area (Å²) in [5, 5.41) is 20.4. The molecule has 6 nitrogen and oxygen atoms in total. The number of carbonyl (C=O) groups is 1. The van der Waals surface area contributed by atoms with Gasteiger partial charge in [0.1, 0.15) is 5.82 Å². The van der Waals surface area contributed by atoms with E-state index in [2.05, 4.69) is 20.5 Å². The van der Waals surface area contributed by atoms with E-state index in [1.54, 1.807) is 12.3 Å². The Morgan fingerprint density at radius 1 is 1.10 bits per heavy atom. The van der Waals surface area contributed by atoms with Gasteiger partial charge in [0.15, 0.2) is 5.69 Å². The van der Waals surface area contributed by atoms with Crippen molar-refractivity contribution in [1.29, 1.82) is 0 Å². The Hall–Kier alpha value is -3.02. The number of hydrogen-bond donors (Lipinski definition) is 2. The molecule has 0 saturated heterocycles. The SMILES string of the molecule is O=C(O)c1ccc(NCc2cccc3cccnc23)nn1. The highest BCUT2D eigenvalue weighted by Crippen LogP contribution is 2.16. The lowest BCUT2D eigenvalue weighted by molar-refractivity contribution is 0.0689. The second-order valence-electron chi connectivity index (χ2n) is 4.45. The van der Waals surface area contributed by atoms with E-state index in [9.17, 15) is 4.79 Å². The minimum Gasteiger partial charge on any atom is -0.476 e. The van der Waals surface area contributed by atoms with E-state index in [0.29, 0.717) is 12.4 Å². The average molecular weight is 280 g/mol. The zero-order valence-corrected chi connectivity index (χ0v) is 11.0. The molecular formula is C15H12N4O2. The first-order valence-electron chi connectivity index (χ1n) is 6.37. The molecule has 104 valence electrons. The van der Waals surface area contributed by atoms with Gasteiger partial charge in [0.05, 0.1) is 5.52 Å². The molecule has 0 spiro atoms. The van der Waals surface area contributed by atoms with Crippen LogP contribution in [-0.2, 0) is 6.54 Å². The minimum absolute atomic E-state index is 0.0765. The molecule has 0 saturated carbocycles. The number of hydrogen-bond acceptors (Lipinski definition) is 5. The van der Waals surface area contributed by atoms with Gasteiger partial charge in [-0.1, -0.05) is 24.3 Å². The highest BCUT2D eigenvalue weighted by molar-refractivity contribution is 5.85. The summed E-state index contributed by atoms with van der Waals surface area (Å²) in [6.07, 6.45) is 1.76. The smallest absolute Gasteiger partial charge is 0.356 e. The summed E-state index contributed by atoms with van der Waals surface area (Å²) in [6, 6.07) is 12.9. The van der Waals surface area contributed by atoms with E-state index in [0.717, 1.165) is 16.5 Å². The van der Waals surface area contributed by atoms with Crippen molar-refractivity contribution in [3.63, 3.8) is 0 Å². The number of benzene rings is 1. The number of aromatic carboxylic acids is 1. The van der Waals surface area contributed by atoms with Crippen LogP contribution in [0.25, 0.3) is 10.9 Å². The summed E-state index contributed by atoms with van der Waals surface area (Å²) in [7, 11) is 0. The molecule has 2 heterocycles. The maximum absolute atomic E-state index is 10.7. The highest BCUT2D eigenvalue weighted by Gasteiger charge is 2.06. The van der Waals surface area contributed by atoms with Gasteiger partial charge >= 0.3 is 5.97 Å². The number of aromatic nitrogens is 3. The third-order valence-electron chi connectivity index (χ3n) is 3.06. The Morgan fingerprint density at radius 3 is 2.71 bits per heavy atom. The van der Waals surface area contributed by atoms with Gasteiger partial charge in [0.2, 0.25) is 0 Å². The van der Waals surface area contributed by atoms with Crippen molar-refractivity contribution in [3.8, 4) is 0 Å². The number of rotatable bonds is 4. The second kappa shape index (κ2) is 5.54. The molecule has 2 N–H and O–H groups in total. The Kier molecular flexibility index (Phi) is 3.42. The number of carboxylic acids is 1. The minimum atomic E-state index is -1.09. The molecule has 0 aliphatic rings. The van der Waals surface area contributed by atoms with E-state index in [1.165, 1.54) is 6.07 Å². The second-order valence-corrected chi connectivity index (χ2v) is 4.45. The summed E-state index contributed by atoms with van der Waals surface area (Å²) in [5.41, 5.74) is 1.90. The van der Waals surface area contributed by atoms with Crippen molar-refractivity contribution >= 4 is 22.7 Å². The van der Waals surface area contributed by atoms with Gasteiger partial charge in [-0.2, -0.15) is 0 Å². The summed E-state index contributed by atoms with van der Waals surface area (Å²) in [5.74, 6) is -0.569. The molecule has 0 bridgehead atoms. The zero-order chi connectivity index (χ0) is 14.7. The van der Waals surface area contributed by atoms with E-state index in [1.807, 2.05) is 30.3 Å². The first-order chi connectivity index (χ1) is 10.2. The van der Waals surface area contributed by atoms with Gasteiger partial charge in [-0.3, -0.25) is 4.98 Å². The Bertz CT molecular complexity index is 782. The Morgan fingerprint density at radius 2 is 1.95 bits per heavy atom. The van der Waals surface area contributed by atoms with Gasteiger partial charge in [0.25, 0.3) is 0 Å². The molecule has 0 fully saturated rings. The normalized spacial score (nSPS) is 10.5. The molecule has 3 rings (SSSR count). The fourth-order valence-corrected chi connectivity index (χ4v) is 2.04. The number of carboxylic acid groups (broad SMARTS) is 1. The average Bonchev–Trinajstić information content (AvgIpc) is 2.53. The topological polar surface area (TPSA) is 88.0 Å². The standard InChI is InChI=1S/C15H12N4O2/c20-15(21)12-6-7-13(19-18-12)17-9-11-4-1-3-10-5-2-8-16-14(10)11/h1-8H,9H2,(H,17,19)(H,20,21). The molecule has 0 amide bonds. The van der Waals surface area contributed by atoms with Crippen LogP contribution >= 0.6 is 0 Å². The number of nitrogens with zero attached hydrogens (tertiary/aromatic N) is 3. The van der Waals surface area contributed by atoms with Crippen molar-refractivity contribution in [1.82, 2.24) is 15.2 Å². The van der Waals surface area contributed by atoms with Crippen molar-refractivity contribution in [3.05, 3.63) is 59.9 Å². The van der Waals surface area contributed by atoms with Gasteiger partial charge in [-0.25, -0.2) is 4.79 Å². The molecule has 1 aromatic carbocycles. The van der Waals surface area contributed by atoms with Crippen LogP contribution in [0.3, 0.4) is 0 Å². The van der Waals surface area contributed by atoms with Crippen LogP contribution in [0.5, 0.6) is 0 Å². The van der Waals surface area contributed by atoms with Gasteiger partial charge < -0.3 is 10.4 Å². The lowest BCUT2D eigenvalue weighted by atomic mass is 10.1. The first kappa shape index (κ1) is 13.0. The third kappa shape index (κ3) is 2.79. The molecular weight excluding hydrogens is 268 g/mol. The Balaban J connectivity index is 1.79. The van der Waals surface area contributed by atoms with Crippen molar-refractivity contribution < 1.29 is 9.90 Å². The number of fused-ring (bicyclic) bond motifs is 1. The first-order valence-corrected chi connectivity index (χ1v) is 6.37. The lowest BCUT2D eigenvalue weighted by Crippen LogP contribution is -2.06. The lowest BCUT2D eigenvalue weighted by Gasteiger charge is -2.07. The molecule has 0 unspecified atom stereocenters. The summed E-state index contributed by atoms with van der Waals surface area (Å²) in [4.78, 5) is 15.1. The molecule has 6 heteroatoms. The van der Waals surface area contributed by atoms with Crippen molar-refractivity contribution in [2.24, 2.45) is 0 Å². The maximum Gasteiger partial charge on any atom is 0.356 e. The number of pyridine rings is 1. The van der Waals surface area contributed by atoms with E-state index in [-0.39, 0.29) is 5.69 Å². The zero-order valence-electron chi connectivity index (χ0n) is 11.0. The molecule has 21 heavy (non-hydrogen) atoms. The summed E-state index contributed by atoms with van der Waals surface area (Å²) in [6.45, 7) is 0.537. The van der Waals surface area contributed by atoms with E-state index in [4.69, 9.17) is 5.11 Å². The van der Waals surface area contributed by atoms with Crippen molar-refractivity contribution in [2.75, 3.05) is 5.32 Å². The molecule has 2 aromatic heterocycles. The molecule has 0 aliphatic heterocycles. The third-order valence-corrected chi connectivity index (χ3v) is 3.06. The largest absolute Gasteiger partial charge is 0.476 e.